The fraction of sp³-hybridized carbons (Fsp3) is 0.429. The summed E-state index contributed by atoms with van der Waals surface area (Å²) in [5, 5.41) is 4.55. The van der Waals surface area contributed by atoms with Crippen molar-refractivity contribution in [3.63, 3.8) is 0 Å². The van der Waals surface area contributed by atoms with Crippen LogP contribution in [-0.2, 0) is 5.54 Å². The number of hydrogen-bond donors (Lipinski definition) is 0. The molecule has 1 aliphatic rings. The number of nitrogens with zero attached hydrogens (tertiary/aromatic N) is 1. The van der Waals surface area contributed by atoms with Gasteiger partial charge < -0.3 is 0 Å². The fourth-order valence-corrected chi connectivity index (χ4v) is 4.21. The summed E-state index contributed by atoms with van der Waals surface area (Å²) >= 11 is 1.81. The summed E-state index contributed by atoms with van der Waals surface area (Å²) in [5.41, 5.74) is 2.90. The maximum Gasteiger partial charge on any atom is 0.0497 e. The van der Waals surface area contributed by atoms with Crippen LogP contribution < -0.4 is 0 Å². The van der Waals surface area contributed by atoms with Crippen LogP contribution in [0.2, 0.25) is 0 Å². The molecule has 1 aromatic heterocycles. The zero-order valence-electron chi connectivity index (χ0n) is 14.2. The van der Waals surface area contributed by atoms with E-state index in [0.717, 1.165) is 18.8 Å². The van der Waals surface area contributed by atoms with Gasteiger partial charge in [-0.3, -0.25) is 4.90 Å². The molecule has 1 heterocycles. The minimum Gasteiger partial charge on any atom is -0.296 e. The van der Waals surface area contributed by atoms with E-state index < -0.39 is 0 Å². The van der Waals surface area contributed by atoms with Gasteiger partial charge in [-0.05, 0) is 66.6 Å². The molecule has 1 fully saturated rings. The molecule has 2 aromatic rings. The van der Waals surface area contributed by atoms with Crippen LogP contribution in [0.15, 0.2) is 53.2 Å². The summed E-state index contributed by atoms with van der Waals surface area (Å²) in [6, 6.07) is 12.9. The van der Waals surface area contributed by atoms with Gasteiger partial charge in [0.1, 0.15) is 0 Å². The van der Waals surface area contributed by atoms with Crippen molar-refractivity contribution in [3.05, 3.63) is 64.4 Å². The van der Waals surface area contributed by atoms with Gasteiger partial charge in [0.2, 0.25) is 0 Å². The van der Waals surface area contributed by atoms with Crippen molar-refractivity contribution in [2.45, 2.75) is 38.1 Å². The van der Waals surface area contributed by atoms with Crippen LogP contribution in [0.4, 0.5) is 0 Å². The maximum atomic E-state index is 2.61. The molecule has 0 aliphatic heterocycles. The lowest BCUT2D eigenvalue weighted by Crippen LogP contribution is -2.43. The molecule has 0 saturated heterocycles. The molecule has 1 atom stereocenters. The van der Waals surface area contributed by atoms with Crippen molar-refractivity contribution in [2.24, 2.45) is 5.92 Å². The van der Waals surface area contributed by atoms with Crippen LogP contribution in [0.1, 0.15) is 43.7 Å². The first-order valence-corrected chi connectivity index (χ1v) is 9.64. The normalized spacial score (nSPS) is 17.7. The van der Waals surface area contributed by atoms with Crippen molar-refractivity contribution >= 4 is 17.4 Å². The Labute approximate surface area is 144 Å². The van der Waals surface area contributed by atoms with Crippen molar-refractivity contribution in [3.8, 4) is 0 Å². The number of hydrogen-bond acceptors (Lipinski definition) is 2. The minimum atomic E-state index is 0.133. The Bertz CT molecular complexity index is 613. The Kier molecular flexibility index (Phi) is 5.34. The predicted molar refractivity (Wildman–Crippen MR) is 102 cm³/mol. The van der Waals surface area contributed by atoms with Gasteiger partial charge in [0.05, 0.1) is 0 Å². The van der Waals surface area contributed by atoms with E-state index in [1.54, 1.807) is 0 Å². The summed E-state index contributed by atoms with van der Waals surface area (Å²) in [5.74, 6) is 0.919. The van der Waals surface area contributed by atoms with E-state index >= 15 is 0 Å². The molecule has 1 aliphatic carbocycles. The number of thiophene rings is 1. The lowest BCUT2D eigenvalue weighted by Gasteiger charge is -2.41. The Morgan fingerprint density at radius 2 is 2.00 bits per heavy atom. The van der Waals surface area contributed by atoms with Crippen molar-refractivity contribution in [1.82, 2.24) is 4.90 Å². The van der Waals surface area contributed by atoms with Gasteiger partial charge in [-0.2, -0.15) is 11.3 Å². The first kappa shape index (κ1) is 16.5. The summed E-state index contributed by atoms with van der Waals surface area (Å²) in [6.45, 7) is 3.56. The fourth-order valence-electron chi connectivity index (χ4n) is 3.46. The van der Waals surface area contributed by atoms with E-state index in [2.05, 4.69) is 78.2 Å². The molecule has 0 amide bonds. The van der Waals surface area contributed by atoms with Gasteiger partial charge in [-0.1, -0.05) is 49.4 Å². The van der Waals surface area contributed by atoms with Gasteiger partial charge in [0, 0.05) is 12.1 Å². The summed E-state index contributed by atoms with van der Waals surface area (Å²) in [4.78, 5) is 2.61. The second kappa shape index (κ2) is 7.46. The van der Waals surface area contributed by atoms with Gasteiger partial charge in [0.25, 0.3) is 0 Å². The lowest BCUT2D eigenvalue weighted by molar-refractivity contribution is 0.109. The Morgan fingerprint density at radius 3 is 2.61 bits per heavy atom. The topological polar surface area (TPSA) is 3.24 Å². The van der Waals surface area contributed by atoms with Crippen molar-refractivity contribution < 1.29 is 0 Å². The molecule has 0 radical (unpaired) electrons. The highest BCUT2D eigenvalue weighted by Gasteiger charge is 2.36. The molecule has 1 unspecified atom stereocenters. The molecule has 3 rings (SSSR count). The average Bonchev–Trinajstić information content (AvgIpc) is 3.22. The van der Waals surface area contributed by atoms with Gasteiger partial charge >= 0.3 is 0 Å². The minimum absolute atomic E-state index is 0.133. The monoisotopic (exact) mass is 325 g/mol. The Balaban J connectivity index is 1.80. The van der Waals surface area contributed by atoms with E-state index in [4.69, 9.17) is 0 Å². The zero-order chi connectivity index (χ0) is 16.1. The van der Waals surface area contributed by atoms with Crippen LogP contribution in [0.3, 0.4) is 0 Å². The standard InChI is InChI=1S/C21H27NS/c1-3-21(20-13-15-23-17-20,22(2)16-19-11-12-19)14-7-10-18-8-5-4-6-9-18/h4-10,13,15,17,19H,3,11-12,14,16H2,1-2H3/b10-7+. The Morgan fingerprint density at radius 1 is 1.22 bits per heavy atom. The van der Waals surface area contributed by atoms with Gasteiger partial charge in [-0.25, -0.2) is 0 Å². The molecular weight excluding hydrogens is 298 g/mol. The molecular formula is C21H27NS. The molecule has 0 N–H and O–H groups in total. The maximum absolute atomic E-state index is 2.61. The van der Waals surface area contributed by atoms with Gasteiger partial charge in [0.15, 0.2) is 0 Å². The van der Waals surface area contributed by atoms with E-state index in [1.165, 1.54) is 30.5 Å². The second-order valence-corrected chi connectivity index (χ2v) is 7.52. The van der Waals surface area contributed by atoms with E-state index in [0.29, 0.717) is 0 Å². The Hall–Kier alpha value is -1.38. The van der Waals surface area contributed by atoms with E-state index in [-0.39, 0.29) is 5.54 Å². The molecule has 2 heteroatoms. The smallest absolute Gasteiger partial charge is 0.0497 e. The number of benzene rings is 1. The third-order valence-electron chi connectivity index (χ3n) is 5.17. The van der Waals surface area contributed by atoms with Crippen LogP contribution in [0.25, 0.3) is 6.08 Å². The molecule has 23 heavy (non-hydrogen) atoms. The highest BCUT2D eigenvalue weighted by Crippen LogP contribution is 2.40. The predicted octanol–water partition coefficient (Wildman–Crippen LogP) is 5.80. The highest BCUT2D eigenvalue weighted by atomic mass is 32.1. The highest BCUT2D eigenvalue weighted by molar-refractivity contribution is 7.08. The molecule has 1 saturated carbocycles. The number of rotatable bonds is 8. The molecule has 1 nitrogen and oxygen atoms in total. The van der Waals surface area contributed by atoms with Crippen LogP contribution in [0.5, 0.6) is 0 Å². The first-order valence-electron chi connectivity index (χ1n) is 8.70. The first-order chi connectivity index (χ1) is 11.2. The second-order valence-electron chi connectivity index (χ2n) is 6.74. The summed E-state index contributed by atoms with van der Waals surface area (Å²) < 4.78 is 0. The zero-order valence-corrected chi connectivity index (χ0v) is 15.1. The SMILES string of the molecule is CCC(C/C=C/c1ccccc1)(c1ccsc1)N(C)CC1CC1. The lowest BCUT2D eigenvalue weighted by atomic mass is 9.83. The van der Waals surface area contributed by atoms with E-state index in [1.807, 2.05) is 11.3 Å². The molecule has 0 bridgehead atoms. The van der Waals surface area contributed by atoms with E-state index in [9.17, 15) is 0 Å². The van der Waals surface area contributed by atoms with Gasteiger partial charge in [-0.15, -0.1) is 0 Å². The molecule has 122 valence electrons. The van der Waals surface area contributed by atoms with Crippen LogP contribution in [0, 0.1) is 5.92 Å². The largest absolute Gasteiger partial charge is 0.296 e. The third-order valence-corrected chi connectivity index (χ3v) is 5.85. The summed E-state index contributed by atoms with van der Waals surface area (Å²) in [6.07, 6.45) is 9.66. The van der Waals surface area contributed by atoms with Crippen LogP contribution >= 0.6 is 11.3 Å². The summed E-state index contributed by atoms with van der Waals surface area (Å²) in [7, 11) is 2.32. The van der Waals surface area contributed by atoms with Crippen LogP contribution in [-0.4, -0.2) is 18.5 Å². The molecule has 0 spiro atoms. The van der Waals surface area contributed by atoms with Crippen molar-refractivity contribution in [2.75, 3.05) is 13.6 Å². The quantitative estimate of drug-likeness (QED) is 0.593. The average molecular weight is 326 g/mol. The third kappa shape index (κ3) is 3.94. The molecule has 1 aromatic carbocycles. The van der Waals surface area contributed by atoms with Crippen molar-refractivity contribution in [1.29, 1.82) is 0 Å².